The van der Waals surface area contributed by atoms with Crippen molar-refractivity contribution in [3.8, 4) is 0 Å². The minimum absolute atomic E-state index is 0. The zero-order valence-corrected chi connectivity index (χ0v) is 4.53. The van der Waals surface area contributed by atoms with Crippen molar-refractivity contribution < 1.29 is 4.74 Å². The van der Waals surface area contributed by atoms with Gasteiger partial charge in [-0.15, -0.1) is 0 Å². The fourth-order valence-electron chi connectivity index (χ4n) is 0. The van der Waals surface area contributed by atoms with E-state index in [-0.39, 0.29) is 9.90 Å². The number of rotatable bonds is 0. The van der Waals surface area contributed by atoms with Crippen LogP contribution in [0.15, 0.2) is 0 Å². The van der Waals surface area contributed by atoms with E-state index in [0.717, 1.165) is 0 Å². The Kier molecular flexibility index (Phi) is 22.1. The summed E-state index contributed by atoms with van der Waals surface area (Å²) in [4.78, 5) is 0. The molecular formula is C2H9OP. The smallest absolute Gasteiger partial charge is 0.0351 e. The fourth-order valence-corrected chi connectivity index (χ4v) is 0. The maximum absolute atomic E-state index is 4.25. The van der Waals surface area contributed by atoms with E-state index in [1.807, 2.05) is 0 Å². The van der Waals surface area contributed by atoms with Gasteiger partial charge in [0, 0.05) is 14.2 Å². The van der Waals surface area contributed by atoms with Crippen LogP contribution in [0.2, 0.25) is 0 Å². The van der Waals surface area contributed by atoms with E-state index in [9.17, 15) is 0 Å². The van der Waals surface area contributed by atoms with E-state index in [0.29, 0.717) is 0 Å². The van der Waals surface area contributed by atoms with Gasteiger partial charge in [-0.2, -0.15) is 9.90 Å². The first-order chi connectivity index (χ1) is 1.41. The van der Waals surface area contributed by atoms with Crippen LogP contribution in [0.1, 0.15) is 0 Å². The van der Waals surface area contributed by atoms with Crippen LogP contribution in [0.3, 0.4) is 0 Å². The van der Waals surface area contributed by atoms with Crippen LogP contribution in [0.25, 0.3) is 0 Å². The minimum Gasteiger partial charge on any atom is -0.388 e. The monoisotopic (exact) mass is 80.0 g/mol. The second-order valence-electron chi connectivity index (χ2n) is 0.408. The van der Waals surface area contributed by atoms with Gasteiger partial charge in [0.05, 0.1) is 0 Å². The summed E-state index contributed by atoms with van der Waals surface area (Å²) < 4.78 is 4.25. The molecule has 0 saturated carbocycles. The molecule has 1 nitrogen and oxygen atoms in total. The maximum atomic E-state index is 4.25. The molecule has 0 aliphatic carbocycles. The lowest BCUT2D eigenvalue weighted by atomic mass is 11.6. The first-order valence-corrected chi connectivity index (χ1v) is 0.816. The van der Waals surface area contributed by atoms with Crippen molar-refractivity contribution in [1.29, 1.82) is 0 Å². The first kappa shape index (κ1) is 8.83. The van der Waals surface area contributed by atoms with Crippen molar-refractivity contribution in [2.45, 2.75) is 0 Å². The topological polar surface area (TPSA) is 9.23 Å². The van der Waals surface area contributed by atoms with Gasteiger partial charge in [0.2, 0.25) is 0 Å². The molecule has 0 radical (unpaired) electrons. The van der Waals surface area contributed by atoms with Gasteiger partial charge in [-0.05, 0) is 0 Å². The van der Waals surface area contributed by atoms with Gasteiger partial charge in [-0.1, -0.05) is 0 Å². The van der Waals surface area contributed by atoms with Crippen LogP contribution in [0.5, 0.6) is 0 Å². The predicted molar refractivity (Wildman–Crippen MR) is 24.0 cm³/mol. The predicted octanol–water partition coefficient (Wildman–Crippen LogP) is 0.321. The Labute approximate surface area is 30.0 Å². The van der Waals surface area contributed by atoms with Crippen LogP contribution >= 0.6 is 9.90 Å². The summed E-state index contributed by atoms with van der Waals surface area (Å²) in [6.45, 7) is 0. The molecule has 0 fully saturated rings. The van der Waals surface area contributed by atoms with Gasteiger partial charge in [-0.25, -0.2) is 0 Å². The van der Waals surface area contributed by atoms with Crippen molar-refractivity contribution in [3.63, 3.8) is 0 Å². The molecule has 0 N–H and O–H groups in total. The highest BCUT2D eigenvalue weighted by Crippen LogP contribution is 1.28. The summed E-state index contributed by atoms with van der Waals surface area (Å²) in [5, 5.41) is 0. The summed E-state index contributed by atoms with van der Waals surface area (Å²) in [5.74, 6) is 0. The zero-order chi connectivity index (χ0) is 2.71. The third kappa shape index (κ3) is 30.4. The molecule has 0 rings (SSSR count). The van der Waals surface area contributed by atoms with Gasteiger partial charge in [0.1, 0.15) is 0 Å². The Morgan fingerprint density at radius 1 is 1.25 bits per heavy atom. The molecule has 2 heteroatoms. The van der Waals surface area contributed by atoms with E-state index >= 15 is 0 Å². The van der Waals surface area contributed by atoms with Gasteiger partial charge >= 0.3 is 0 Å². The average molecular weight is 80.1 g/mol. The highest BCUT2D eigenvalue weighted by atomic mass is 31.0. The molecule has 0 bridgehead atoms. The molecule has 0 aromatic rings. The van der Waals surface area contributed by atoms with E-state index in [1.54, 1.807) is 14.2 Å². The Morgan fingerprint density at radius 2 is 1.25 bits per heavy atom. The molecule has 4 heavy (non-hydrogen) atoms. The van der Waals surface area contributed by atoms with Crippen LogP contribution in [-0.2, 0) is 4.74 Å². The molecule has 1 unspecified atom stereocenters. The highest BCUT2D eigenvalue weighted by molar-refractivity contribution is 6.92. The van der Waals surface area contributed by atoms with Crippen molar-refractivity contribution in [2.75, 3.05) is 14.2 Å². The van der Waals surface area contributed by atoms with E-state index < -0.39 is 0 Å². The number of methoxy groups -OCH3 is 1. The Bertz CT molecular complexity index is 6.00. The molecule has 28 valence electrons. The molecule has 1 atom stereocenters. The van der Waals surface area contributed by atoms with Crippen LogP contribution in [0.4, 0.5) is 0 Å². The van der Waals surface area contributed by atoms with E-state index in [2.05, 4.69) is 4.74 Å². The molecular weight excluding hydrogens is 71.0 g/mol. The third-order valence-corrected chi connectivity index (χ3v) is 0. The SMILES string of the molecule is COC.P. The van der Waals surface area contributed by atoms with Gasteiger partial charge in [-0.3, -0.25) is 0 Å². The first-order valence-electron chi connectivity index (χ1n) is 0.816. The van der Waals surface area contributed by atoms with Crippen LogP contribution < -0.4 is 0 Å². The standard InChI is InChI=1S/C2H6O.H3P/c1-3-2;/h1-2H3;1H3. The van der Waals surface area contributed by atoms with Crippen LogP contribution in [0, 0.1) is 0 Å². The normalized spacial score (nSPS) is 4.50. The zero-order valence-electron chi connectivity index (χ0n) is 3.12. The average Bonchev–Trinajstić information content (AvgIpc) is 0.918. The van der Waals surface area contributed by atoms with Gasteiger partial charge in [0.15, 0.2) is 0 Å². The molecule has 0 aliphatic rings. The molecule has 0 amide bonds. The lowest BCUT2D eigenvalue weighted by Crippen LogP contribution is -1.55. The summed E-state index contributed by atoms with van der Waals surface area (Å²) in [5.41, 5.74) is 0. The fraction of sp³-hybridized carbons (Fsp3) is 1.00. The number of ether oxygens (including phenoxy) is 1. The molecule has 0 aliphatic heterocycles. The van der Waals surface area contributed by atoms with Crippen molar-refractivity contribution in [2.24, 2.45) is 0 Å². The number of hydrogen-bond acceptors (Lipinski definition) is 1. The number of hydrogen-bond donors (Lipinski definition) is 0. The lowest BCUT2D eigenvalue weighted by molar-refractivity contribution is 0.277. The van der Waals surface area contributed by atoms with E-state index in [4.69, 9.17) is 0 Å². The summed E-state index contributed by atoms with van der Waals surface area (Å²) in [7, 11) is 3.25. The molecule has 0 aromatic carbocycles. The largest absolute Gasteiger partial charge is 0.388 e. The third-order valence-electron chi connectivity index (χ3n) is 0. The molecule has 0 spiro atoms. The summed E-state index contributed by atoms with van der Waals surface area (Å²) >= 11 is 0. The Balaban J connectivity index is 0. The van der Waals surface area contributed by atoms with Crippen molar-refractivity contribution >= 4 is 9.90 Å². The minimum atomic E-state index is 0. The maximum Gasteiger partial charge on any atom is 0.0351 e. The lowest BCUT2D eigenvalue weighted by Gasteiger charge is -1.61. The Morgan fingerprint density at radius 3 is 1.25 bits per heavy atom. The van der Waals surface area contributed by atoms with Gasteiger partial charge < -0.3 is 4.74 Å². The van der Waals surface area contributed by atoms with Crippen LogP contribution in [-0.4, -0.2) is 14.2 Å². The second-order valence-corrected chi connectivity index (χ2v) is 0.408. The molecule has 0 aromatic heterocycles. The second kappa shape index (κ2) is 10.0. The summed E-state index contributed by atoms with van der Waals surface area (Å²) in [6, 6.07) is 0. The van der Waals surface area contributed by atoms with Gasteiger partial charge in [0.25, 0.3) is 0 Å². The van der Waals surface area contributed by atoms with Crippen molar-refractivity contribution in [1.82, 2.24) is 0 Å². The Hall–Kier alpha value is 0.390. The molecule has 0 saturated heterocycles. The summed E-state index contributed by atoms with van der Waals surface area (Å²) in [6.07, 6.45) is 0. The molecule has 0 heterocycles. The van der Waals surface area contributed by atoms with E-state index in [1.165, 1.54) is 0 Å². The van der Waals surface area contributed by atoms with Crippen molar-refractivity contribution in [3.05, 3.63) is 0 Å². The highest BCUT2D eigenvalue weighted by Gasteiger charge is 1.25. The quantitative estimate of drug-likeness (QED) is 0.381.